The van der Waals surface area contributed by atoms with Crippen LogP contribution in [0.1, 0.15) is 28.9 Å². The number of carbonyl (C=O) groups excluding carboxylic acids is 1. The van der Waals surface area contributed by atoms with E-state index >= 15 is 0 Å². The second-order valence-electron chi connectivity index (χ2n) is 5.59. The van der Waals surface area contributed by atoms with Crippen molar-refractivity contribution in [3.63, 3.8) is 0 Å². The molecule has 2 N–H and O–H groups in total. The molecule has 0 atom stereocenters. The molecule has 1 aromatic carbocycles. The molecule has 2 aromatic rings. The summed E-state index contributed by atoms with van der Waals surface area (Å²) in [6.07, 6.45) is 2.69. The summed E-state index contributed by atoms with van der Waals surface area (Å²) in [4.78, 5) is 23.0. The molecule has 3 rings (SSSR count). The van der Waals surface area contributed by atoms with Crippen molar-refractivity contribution >= 4 is 11.9 Å². The Labute approximate surface area is 127 Å². The Kier molecular flexibility index (Phi) is 3.66. The molecule has 6 nitrogen and oxygen atoms in total. The lowest BCUT2D eigenvalue weighted by molar-refractivity contribution is -0.145. The molecule has 114 valence electrons. The highest BCUT2D eigenvalue weighted by atomic mass is 16.4. The van der Waals surface area contributed by atoms with Crippen molar-refractivity contribution in [1.29, 1.82) is 0 Å². The van der Waals surface area contributed by atoms with E-state index in [1.54, 1.807) is 17.8 Å². The van der Waals surface area contributed by atoms with Gasteiger partial charge in [-0.1, -0.05) is 18.2 Å². The first kappa shape index (κ1) is 14.3. The number of amides is 1. The van der Waals surface area contributed by atoms with Crippen LogP contribution in [0.2, 0.25) is 0 Å². The number of carbonyl (C=O) groups is 2. The van der Waals surface area contributed by atoms with Gasteiger partial charge < -0.3 is 10.4 Å². The molecule has 6 heteroatoms. The quantitative estimate of drug-likeness (QED) is 0.901. The minimum Gasteiger partial charge on any atom is -0.481 e. The molecule has 0 unspecified atom stereocenters. The van der Waals surface area contributed by atoms with E-state index in [-0.39, 0.29) is 17.9 Å². The van der Waals surface area contributed by atoms with Crippen LogP contribution >= 0.6 is 0 Å². The summed E-state index contributed by atoms with van der Waals surface area (Å²) in [5, 5.41) is 16.1. The predicted molar refractivity (Wildman–Crippen MR) is 79.9 cm³/mol. The summed E-state index contributed by atoms with van der Waals surface area (Å²) in [6.45, 7) is 1.79. The van der Waals surface area contributed by atoms with E-state index in [0.717, 1.165) is 5.69 Å². The Morgan fingerprint density at radius 1 is 1.27 bits per heavy atom. The van der Waals surface area contributed by atoms with E-state index in [4.69, 9.17) is 5.11 Å². The van der Waals surface area contributed by atoms with Gasteiger partial charge in [0.15, 0.2) is 0 Å². The van der Waals surface area contributed by atoms with Gasteiger partial charge in [0.05, 0.1) is 22.9 Å². The van der Waals surface area contributed by atoms with E-state index in [1.165, 1.54) is 0 Å². The van der Waals surface area contributed by atoms with E-state index < -0.39 is 5.97 Å². The monoisotopic (exact) mass is 299 g/mol. The van der Waals surface area contributed by atoms with Crippen LogP contribution in [-0.4, -0.2) is 32.8 Å². The molecule has 1 aromatic heterocycles. The van der Waals surface area contributed by atoms with Crippen molar-refractivity contribution in [2.45, 2.75) is 25.8 Å². The third-order valence-electron chi connectivity index (χ3n) is 3.99. The van der Waals surface area contributed by atoms with Crippen molar-refractivity contribution in [1.82, 2.24) is 15.1 Å². The maximum Gasteiger partial charge on any atom is 0.306 e. The maximum atomic E-state index is 12.3. The standard InChI is InChI=1S/C16H17N3O3/c1-10-14(9-19(18-10)13-5-3-2-4-6-13)15(20)17-12-7-11(8-12)16(21)22/h2-6,9,11-12H,7-8H2,1H3,(H,17,20)(H,21,22). The first-order chi connectivity index (χ1) is 10.5. The van der Waals surface area contributed by atoms with E-state index in [2.05, 4.69) is 10.4 Å². The number of aryl methyl sites for hydroxylation is 1. The topological polar surface area (TPSA) is 84.2 Å². The number of nitrogens with one attached hydrogen (secondary N) is 1. The van der Waals surface area contributed by atoms with Crippen molar-refractivity contribution in [2.75, 3.05) is 0 Å². The van der Waals surface area contributed by atoms with Crippen molar-refractivity contribution in [3.05, 3.63) is 47.8 Å². The number of hydrogen-bond acceptors (Lipinski definition) is 3. The van der Waals surface area contributed by atoms with Crippen LogP contribution in [0.4, 0.5) is 0 Å². The number of aliphatic carboxylic acids is 1. The zero-order valence-corrected chi connectivity index (χ0v) is 12.2. The van der Waals surface area contributed by atoms with Crippen LogP contribution < -0.4 is 5.32 Å². The Morgan fingerprint density at radius 2 is 1.95 bits per heavy atom. The number of rotatable bonds is 4. The number of nitrogens with zero attached hydrogens (tertiary/aromatic N) is 2. The van der Waals surface area contributed by atoms with Crippen LogP contribution in [0.3, 0.4) is 0 Å². The second kappa shape index (κ2) is 5.63. The van der Waals surface area contributed by atoms with Gasteiger partial charge in [0.1, 0.15) is 0 Å². The van der Waals surface area contributed by atoms with Gasteiger partial charge in [-0.15, -0.1) is 0 Å². The van der Waals surface area contributed by atoms with Crippen molar-refractivity contribution in [3.8, 4) is 5.69 Å². The summed E-state index contributed by atoms with van der Waals surface area (Å²) >= 11 is 0. The molecule has 1 aliphatic rings. The highest BCUT2D eigenvalue weighted by Gasteiger charge is 2.35. The van der Waals surface area contributed by atoms with Gasteiger partial charge in [0.2, 0.25) is 0 Å². The molecule has 1 heterocycles. The normalized spacial score (nSPS) is 20.2. The minimum absolute atomic E-state index is 0.0620. The fourth-order valence-electron chi connectivity index (χ4n) is 2.60. The summed E-state index contributed by atoms with van der Waals surface area (Å²) in [6, 6.07) is 9.50. The lowest BCUT2D eigenvalue weighted by Gasteiger charge is -2.32. The van der Waals surface area contributed by atoms with Gasteiger partial charge in [-0.3, -0.25) is 9.59 Å². The Bertz CT molecular complexity index is 703. The first-order valence-electron chi connectivity index (χ1n) is 7.20. The molecule has 0 bridgehead atoms. The van der Waals surface area contributed by atoms with Crippen LogP contribution in [0, 0.1) is 12.8 Å². The predicted octanol–water partition coefficient (Wildman–Crippen LogP) is 1.77. The van der Waals surface area contributed by atoms with Gasteiger partial charge in [-0.05, 0) is 31.9 Å². The molecular weight excluding hydrogens is 282 g/mol. The van der Waals surface area contributed by atoms with Gasteiger partial charge in [0.25, 0.3) is 5.91 Å². The van der Waals surface area contributed by atoms with E-state index in [1.807, 2.05) is 30.3 Å². The molecule has 1 saturated carbocycles. The van der Waals surface area contributed by atoms with Crippen molar-refractivity contribution < 1.29 is 14.7 Å². The molecule has 0 saturated heterocycles. The minimum atomic E-state index is -0.793. The van der Waals surface area contributed by atoms with Gasteiger partial charge in [0, 0.05) is 12.2 Å². The number of benzene rings is 1. The van der Waals surface area contributed by atoms with Crippen LogP contribution in [-0.2, 0) is 4.79 Å². The smallest absolute Gasteiger partial charge is 0.306 e. The molecule has 1 aliphatic carbocycles. The number of para-hydroxylation sites is 1. The van der Waals surface area contributed by atoms with E-state index in [9.17, 15) is 9.59 Å². The van der Waals surface area contributed by atoms with E-state index in [0.29, 0.717) is 24.1 Å². The first-order valence-corrected chi connectivity index (χ1v) is 7.20. The molecule has 1 fully saturated rings. The fourth-order valence-corrected chi connectivity index (χ4v) is 2.60. The third-order valence-corrected chi connectivity index (χ3v) is 3.99. The number of aromatic nitrogens is 2. The molecule has 0 aliphatic heterocycles. The Hall–Kier alpha value is -2.63. The highest BCUT2D eigenvalue weighted by Crippen LogP contribution is 2.27. The lowest BCUT2D eigenvalue weighted by atomic mass is 9.80. The fraction of sp³-hybridized carbons (Fsp3) is 0.312. The van der Waals surface area contributed by atoms with Crippen LogP contribution in [0.25, 0.3) is 5.69 Å². The number of hydrogen-bond donors (Lipinski definition) is 2. The van der Waals surface area contributed by atoms with Gasteiger partial charge in [-0.2, -0.15) is 5.10 Å². The highest BCUT2D eigenvalue weighted by molar-refractivity contribution is 5.95. The summed E-state index contributed by atoms with van der Waals surface area (Å²) in [7, 11) is 0. The van der Waals surface area contributed by atoms with Crippen LogP contribution in [0.5, 0.6) is 0 Å². The van der Waals surface area contributed by atoms with Crippen LogP contribution in [0.15, 0.2) is 36.5 Å². The number of carboxylic acid groups (broad SMARTS) is 1. The Morgan fingerprint density at radius 3 is 2.59 bits per heavy atom. The lowest BCUT2D eigenvalue weighted by Crippen LogP contribution is -2.46. The molecule has 0 spiro atoms. The zero-order valence-electron chi connectivity index (χ0n) is 12.2. The maximum absolute atomic E-state index is 12.3. The average molecular weight is 299 g/mol. The van der Waals surface area contributed by atoms with Gasteiger partial charge in [-0.25, -0.2) is 4.68 Å². The molecular formula is C16H17N3O3. The largest absolute Gasteiger partial charge is 0.481 e. The molecule has 22 heavy (non-hydrogen) atoms. The second-order valence-corrected chi connectivity index (χ2v) is 5.59. The average Bonchev–Trinajstić information content (AvgIpc) is 2.85. The SMILES string of the molecule is Cc1nn(-c2ccccc2)cc1C(=O)NC1CC(C(=O)O)C1. The number of carboxylic acids is 1. The summed E-state index contributed by atoms with van der Waals surface area (Å²) in [5.41, 5.74) is 2.05. The summed E-state index contributed by atoms with van der Waals surface area (Å²) in [5.74, 6) is -1.33. The van der Waals surface area contributed by atoms with Gasteiger partial charge >= 0.3 is 5.97 Å². The molecule has 0 radical (unpaired) electrons. The Balaban J connectivity index is 1.69. The van der Waals surface area contributed by atoms with Crippen molar-refractivity contribution in [2.24, 2.45) is 5.92 Å². The molecule has 1 amide bonds. The zero-order chi connectivity index (χ0) is 15.7. The summed E-state index contributed by atoms with van der Waals surface area (Å²) < 4.78 is 1.67. The third kappa shape index (κ3) is 2.72.